The van der Waals surface area contributed by atoms with Gasteiger partial charge in [0.1, 0.15) is 5.69 Å². The van der Waals surface area contributed by atoms with Gasteiger partial charge >= 0.3 is 0 Å². The number of hydrogen-bond acceptors (Lipinski definition) is 4. The maximum atomic E-state index is 12.6. The molecule has 2 N–H and O–H groups in total. The van der Waals surface area contributed by atoms with Crippen LogP contribution in [0.15, 0.2) is 30.3 Å². The van der Waals surface area contributed by atoms with Gasteiger partial charge in [-0.3, -0.25) is 19.5 Å². The molecule has 1 aliphatic heterocycles. The molecule has 1 saturated heterocycles. The summed E-state index contributed by atoms with van der Waals surface area (Å²) in [6.45, 7) is 8.94. The molecule has 31 heavy (non-hydrogen) atoms. The Balaban J connectivity index is 1.34. The molecule has 4 rings (SSSR count). The van der Waals surface area contributed by atoms with Gasteiger partial charge in [-0.1, -0.05) is 30.7 Å². The molecule has 0 bridgehead atoms. The summed E-state index contributed by atoms with van der Waals surface area (Å²) >= 11 is 0. The van der Waals surface area contributed by atoms with Crippen LogP contribution in [-0.2, 0) is 20.1 Å². The van der Waals surface area contributed by atoms with Gasteiger partial charge in [0.05, 0.1) is 11.4 Å². The van der Waals surface area contributed by atoms with Crippen molar-refractivity contribution in [3.05, 3.63) is 58.5 Å². The average Bonchev–Trinajstić information content (AvgIpc) is 3.33. The third-order valence-electron chi connectivity index (χ3n) is 6.39. The SMILES string of the molecule is Cc1nn(C)c(C)c1-c1cc(C(=O)NCc2ccc(CN3CCCCC3C)cc2)[nH]n1. The lowest BCUT2D eigenvalue weighted by molar-refractivity contribution is 0.0946. The third-order valence-corrected chi connectivity index (χ3v) is 6.39. The van der Waals surface area contributed by atoms with Crippen molar-refractivity contribution in [1.82, 2.24) is 30.2 Å². The minimum atomic E-state index is -0.163. The molecule has 1 aliphatic rings. The Morgan fingerprint density at radius 1 is 1.19 bits per heavy atom. The molecule has 1 fully saturated rings. The number of benzene rings is 1. The molecule has 3 aromatic rings. The molecule has 7 nitrogen and oxygen atoms in total. The Morgan fingerprint density at radius 2 is 1.94 bits per heavy atom. The van der Waals surface area contributed by atoms with Crippen LogP contribution in [-0.4, -0.2) is 43.4 Å². The molecule has 1 atom stereocenters. The van der Waals surface area contributed by atoms with Gasteiger partial charge in [-0.15, -0.1) is 0 Å². The number of likely N-dealkylation sites (tertiary alicyclic amines) is 1. The summed E-state index contributed by atoms with van der Waals surface area (Å²) in [6, 6.07) is 11.0. The molecule has 3 heterocycles. The van der Waals surface area contributed by atoms with E-state index in [1.54, 1.807) is 6.07 Å². The number of nitrogens with zero attached hydrogens (tertiary/aromatic N) is 4. The summed E-state index contributed by atoms with van der Waals surface area (Å²) in [5, 5.41) is 14.6. The predicted octanol–water partition coefficient (Wildman–Crippen LogP) is 3.73. The van der Waals surface area contributed by atoms with Crippen LogP contribution in [0, 0.1) is 13.8 Å². The highest BCUT2D eigenvalue weighted by Gasteiger charge is 2.19. The third kappa shape index (κ3) is 4.71. The van der Waals surface area contributed by atoms with Gasteiger partial charge in [-0.25, -0.2) is 0 Å². The standard InChI is InChI=1S/C24H32N6O/c1-16-7-5-6-12-30(16)15-20-10-8-19(9-11-20)14-25-24(31)22-13-21(26-27-22)23-17(2)28-29(4)18(23)3/h8-11,13,16H,5-7,12,14-15H2,1-4H3,(H,25,31)(H,26,27). The molecule has 0 aliphatic carbocycles. The summed E-state index contributed by atoms with van der Waals surface area (Å²) in [5.74, 6) is -0.163. The number of piperidine rings is 1. The molecular weight excluding hydrogens is 388 g/mol. The molecule has 1 aromatic carbocycles. The van der Waals surface area contributed by atoms with Crippen molar-refractivity contribution < 1.29 is 4.79 Å². The molecule has 2 aromatic heterocycles. The fraction of sp³-hybridized carbons (Fsp3) is 0.458. The van der Waals surface area contributed by atoms with Crippen LogP contribution in [0.1, 0.15) is 59.2 Å². The molecular formula is C24H32N6O. The number of aryl methyl sites for hydroxylation is 2. The Hall–Kier alpha value is -2.93. The fourth-order valence-electron chi connectivity index (χ4n) is 4.38. The maximum absolute atomic E-state index is 12.6. The Morgan fingerprint density at radius 3 is 2.61 bits per heavy atom. The molecule has 0 saturated carbocycles. The minimum Gasteiger partial charge on any atom is -0.347 e. The molecule has 0 spiro atoms. The van der Waals surface area contributed by atoms with E-state index < -0.39 is 0 Å². The number of aromatic nitrogens is 4. The van der Waals surface area contributed by atoms with Crippen molar-refractivity contribution in [1.29, 1.82) is 0 Å². The minimum absolute atomic E-state index is 0.163. The Labute approximate surface area is 183 Å². The van der Waals surface area contributed by atoms with Crippen LogP contribution in [0.4, 0.5) is 0 Å². The van der Waals surface area contributed by atoms with E-state index in [1.807, 2.05) is 25.6 Å². The van der Waals surface area contributed by atoms with Gasteiger partial charge in [-0.05, 0) is 57.4 Å². The summed E-state index contributed by atoms with van der Waals surface area (Å²) in [5.41, 5.74) is 6.49. The number of H-pyrrole nitrogens is 1. The monoisotopic (exact) mass is 420 g/mol. The molecule has 164 valence electrons. The van der Waals surface area contributed by atoms with Crippen molar-refractivity contribution in [2.75, 3.05) is 6.54 Å². The number of nitrogens with one attached hydrogen (secondary N) is 2. The van der Waals surface area contributed by atoms with Gasteiger partial charge in [0, 0.05) is 37.4 Å². The smallest absolute Gasteiger partial charge is 0.269 e. The van der Waals surface area contributed by atoms with Crippen molar-refractivity contribution in [3.8, 4) is 11.3 Å². The summed E-state index contributed by atoms with van der Waals surface area (Å²) in [4.78, 5) is 15.2. The van der Waals surface area contributed by atoms with Crippen LogP contribution in [0.2, 0.25) is 0 Å². The quantitative estimate of drug-likeness (QED) is 0.637. The first-order valence-corrected chi connectivity index (χ1v) is 11.1. The van der Waals surface area contributed by atoms with Crippen LogP contribution in [0.3, 0.4) is 0 Å². The van der Waals surface area contributed by atoms with Crippen LogP contribution >= 0.6 is 0 Å². The van der Waals surface area contributed by atoms with E-state index in [4.69, 9.17) is 0 Å². The normalized spacial score (nSPS) is 17.1. The number of amides is 1. The number of aromatic amines is 1. The molecule has 7 heteroatoms. The van der Waals surface area contributed by atoms with Gasteiger partial charge in [-0.2, -0.15) is 10.2 Å². The average molecular weight is 421 g/mol. The van der Waals surface area contributed by atoms with E-state index in [-0.39, 0.29) is 5.91 Å². The van der Waals surface area contributed by atoms with Gasteiger partial charge in [0.25, 0.3) is 5.91 Å². The second-order valence-corrected chi connectivity index (χ2v) is 8.65. The number of carbonyl (C=O) groups excluding carboxylic acids is 1. The number of rotatable bonds is 6. The summed E-state index contributed by atoms with van der Waals surface area (Å²) < 4.78 is 1.83. The predicted molar refractivity (Wildman–Crippen MR) is 122 cm³/mol. The fourth-order valence-corrected chi connectivity index (χ4v) is 4.38. The first-order valence-electron chi connectivity index (χ1n) is 11.1. The van der Waals surface area contributed by atoms with Crippen LogP contribution in [0.25, 0.3) is 11.3 Å². The van der Waals surface area contributed by atoms with Crippen molar-refractivity contribution in [2.45, 2.75) is 59.2 Å². The van der Waals surface area contributed by atoms with Crippen molar-refractivity contribution in [3.63, 3.8) is 0 Å². The largest absolute Gasteiger partial charge is 0.347 e. The highest BCUT2D eigenvalue weighted by Crippen LogP contribution is 2.25. The first kappa shape index (κ1) is 21.3. The molecule has 1 amide bonds. The van der Waals surface area contributed by atoms with E-state index in [1.165, 1.54) is 31.4 Å². The Kier molecular flexibility index (Phi) is 6.23. The highest BCUT2D eigenvalue weighted by molar-refractivity contribution is 5.93. The Bertz CT molecular complexity index is 1050. The lowest BCUT2D eigenvalue weighted by Crippen LogP contribution is -2.36. The second kappa shape index (κ2) is 9.06. The molecule has 0 radical (unpaired) electrons. The first-order chi connectivity index (χ1) is 14.9. The zero-order chi connectivity index (χ0) is 22.0. The number of hydrogen-bond donors (Lipinski definition) is 2. The zero-order valence-electron chi connectivity index (χ0n) is 18.9. The lowest BCUT2D eigenvalue weighted by atomic mass is 10.0. The topological polar surface area (TPSA) is 78.8 Å². The zero-order valence-corrected chi connectivity index (χ0v) is 18.9. The van der Waals surface area contributed by atoms with E-state index >= 15 is 0 Å². The van der Waals surface area contributed by atoms with E-state index in [9.17, 15) is 4.79 Å². The van der Waals surface area contributed by atoms with Crippen molar-refractivity contribution in [2.24, 2.45) is 7.05 Å². The van der Waals surface area contributed by atoms with Crippen LogP contribution < -0.4 is 5.32 Å². The summed E-state index contributed by atoms with van der Waals surface area (Å²) in [7, 11) is 1.91. The molecule has 1 unspecified atom stereocenters. The lowest BCUT2D eigenvalue weighted by Gasteiger charge is -2.33. The van der Waals surface area contributed by atoms with Crippen molar-refractivity contribution >= 4 is 5.91 Å². The van der Waals surface area contributed by atoms with Crippen LogP contribution in [0.5, 0.6) is 0 Å². The van der Waals surface area contributed by atoms with E-state index in [0.29, 0.717) is 18.3 Å². The highest BCUT2D eigenvalue weighted by atomic mass is 16.1. The summed E-state index contributed by atoms with van der Waals surface area (Å²) in [6.07, 6.45) is 3.93. The maximum Gasteiger partial charge on any atom is 0.269 e. The van der Waals surface area contributed by atoms with Gasteiger partial charge in [0.15, 0.2) is 0 Å². The van der Waals surface area contributed by atoms with E-state index in [2.05, 4.69) is 56.7 Å². The second-order valence-electron chi connectivity index (χ2n) is 8.65. The van der Waals surface area contributed by atoms with Gasteiger partial charge < -0.3 is 5.32 Å². The number of carbonyl (C=O) groups is 1. The van der Waals surface area contributed by atoms with Gasteiger partial charge in [0.2, 0.25) is 0 Å². The van der Waals surface area contributed by atoms with E-state index in [0.717, 1.165) is 34.8 Å².